The van der Waals surface area contributed by atoms with Gasteiger partial charge in [0.1, 0.15) is 17.2 Å². The predicted molar refractivity (Wildman–Crippen MR) is 77.6 cm³/mol. The predicted octanol–water partition coefficient (Wildman–Crippen LogP) is 1.96. The molecule has 0 saturated heterocycles. The highest BCUT2D eigenvalue weighted by molar-refractivity contribution is 6.01. The molecule has 0 heterocycles. The van der Waals surface area contributed by atoms with Crippen LogP contribution in [0.15, 0.2) is 47.6 Å². The highest BCUT2D eigenvalue weighted by Gasteiger charge is 2.11. The maximum absolute atomic E-state index is 11.9. The van der Waals surface area contributed by atoms with Crippen LogP contribution in [0, 0.1) is 0 Å². The number of rotatable bonds is 3. The van der Waals surface area contributed by atoms with E-state index in [1.807, 2.05) is 0 Å². The first kappa shape index (κ1) is 14.4. The van der Waals surface area contributed by atoms with Gasteiger partial charge < -0.3 is 15.3 Å². The van der Waals surface area contributed by atoms with Gasteiger partial charge in [0.15, 0.2) is 0 Å². The summed E-state index contributed by atoms with van der Waals surface area (Å²) in [6.07, 6.45) is 0. The van der Waals surface area contributed by atoms with Crippen molar-refractivity contribution in [1.82, 2.24) is 5.43 Å². The third-order valence-corrected chi connectivity index (χ3v) is 2.83. The molecule has 6 heteroatoms. The van der Waals surface area contributed by atoms with Crippen LogP contribution in [-0.4, -0.2) is 26.9 Å². The number of aromatic hydroxyl groups is 3. The van der Waals surface area contributed by atoms with Gasteiger partial charge in [-0.05, 0) is 55.0 Å². The van der Waals surface area contributed by atoms with Gasteiger partial charge in [0.05, 0.1) is 11.3 Å². The fourth-order valence-corrected chi connectivity index (χ4v) is 1.67. The molecule has 0 aliphatic rings. The molecule has 0 saturated carbocycles. The lowest BCUT2D eigenvalue weighted by Gasteiger charge is -2.05. The lowest BCUT2D eigenvalue weighted by molar-refractivity contribution is 0.0951. The fourth-order valence-electron chi connectivity index (χ4n) is 1.67. The van der Waals surface area contributed by atoms with Crippen LogP contribution < -0.4 is 5.43 Å². The molecule has 2 aromatic rings. The number of phenolic OH excluding ortho intramolecular Hbond substituents is 3. The Morgan fingerprint density at radius 2 is 1.62 bits per heavy atom. The highest BCUT2D eigenvalue weighted by atomic mass is 16.3. The zero-order chi connectivity index (χ0) is 15.4. The molecule has 0 aromatic heterocycles. The fraction of sp³-hybridized carbons (Fsp3) is 0.0667. The van der Waals surface area contributed by atoms with Crippen LogP contribution in [0.2, 0.25) is 0 Å². The first-order valence-corrected chi connectivity index (χ1v) is 6.13. The monoisotopic (exact) mass is 286 g/mol. The Balaban J connectivity index is 2.14. The number of hydrogen-bond donors (Lipinski definition) is 4. The van der Waals surface area contributed by atoms with Crippen LogP contribution in [0.25, 0.3) is 0 Å². The number of amides is 1. The van der Waals surface area contributed by atoms with Gasteiger partial charge in [-0.3, -0.25) is 4.79 Å². The zero-order valence-corrected chi connectivity index (χ0v) is 11.2. The summed E-state index contributed by atoms with van der Waals surface area (Å²) in [5, 5.41) is 32.0. The van der Waals surface area contributed by atoms with Crippen molar-refractivity contribution in [1.29, 1.82) is 0 Å². The molecule has 2 rings (SSSR count). The molecule has 0 unspecified atom stereocenters. The van der Waals surface area contributed by atoms with E-state index in [0.717, 1.165) is 11.6 Å². The summed E-state index contributed by atoms with van der Waals surface area (Å²) in [5.74, 6) is -0.873. The van der Waals surface area contributed by atoms with E-state index < -0.39 is 5.91 Å². The van der Waals surface area contributed by atoms with Crippen molar-refractivity contribution in [3.05, 3.63) is 53.6 Å². The average molecular weight is 286 g/mol. The minimum atomic E-state index is -0.637. The van der Waals surface area contributed by atoms with E-state index in [-0.39, 0.29) is 22.8 Å². The van der Waals surface area contributed by atoms with Gasteiger partial charge in [-0.1, -0.05) is 0 Å². The summed E-state index contributed by atoms with van der Waals surface area (Å²) >= 11 is 0. The van der Waals surface area contributed by atoms with Crippen molar-refractivity contribution in [2.45, 2.75) is 6.92 Å². The second kappa shape index (κ2) is 5.96. The summed E-state index contributed by atoms with van der Waals surface area (Å²) in [4.78, 5) is 11.9. The Hall–Kier alpha value is -3.02. The quantitative estimate of drug-likeness (QED) is 0.393. The Labute approximate surface area is 121 Å². The molecule has 0 fully saturated rings. The third-order valence-electron chi connectivity index (χ3n) is 2.83. The normalized spacial score (nSPS) is 11.2. The molecule has 1 amide bonds. The number of hydrazone groups is 1. The Bertz CT molecular complexity index is 693. The molecule has 2 aromatic carbocycles. The molecule has 6 nitrogen and oxygen atoms in total. The molecular weight excluding hydrogens is 272 g/mol. The molecule has 0 spiro atoms. The van der Waals surface area contributed by atoms with Crippen LogP contribution >= 0.6 is 0 Å². The summed E-state index contributed by atoms with van der Waals surface area (Å²) in [6, 6.07) is 9.99. The lowest BCUT2D eigenvalue weighted by Crippen LogP contribution is -2.19. The molecule has 0 radical (unpaired) electrons. The Kier molecular flexibility index (Phi) is 4.08. The van der Waals surface area contributed by atoms with E-state index in [4.69, 9.17) is 0 Å². The van der Waals surface area contributed by atoms with Gasteiger partial charge in [0, 0.05) is 0 Å². The average Bonchev–Trinajstić information content (AvgIpc) is 2.47. The number of nitrogens with one attached hydrogen (secondary N) is 1. The largest absolute Gasteiger partial charge is 0.508 e. The van der Waals surface area contributed by atoms with Gasteiger partial charge in [-0.2, -0.15) is 5.10 Å². The smallest absolute Gasteiger partial charge is 0.275 e. The van der Waals surface area contributed by atoms with Crippen LogP contribution in [-0.2, 0) is 0 Å². The van der Waals surface area contributed by atoms with E-state index in [0.29, 0.717) is 5.71 Å². The zero-order valence-electron chi connectivity index (χ0n) is 11.2. The molecule has 21 heavy (non-hydrogen) atoms. The summed E-state index contributed by atoms with van der Waals surface area (Å²) < 4.78 is 0. The summed E-state index contributed by atoms with van der Waals surface area (Å²) in [7, 11) is 0. The number of benzene rings is 2. The number of nitrogens with zero attached hydrogens (tertiary/aromatic N) is 1. The minimum absolute atomic E-state index is 0.0720. The second-order valence-electron chi connectivity index (χ2n) is 4.39. The topological polar surface area (TPSA) is 102 Å². The van der Waals surface area contributed by atoms with Gasteiger partial charge in [0.2, 0.25) is 0 Å². The maximum Gasteiger partial charge on any atom is 0.275 e. The SMILES string of the molecule is C/C(=N\NC(=O)c1cc(O)ccc1O)c1ccc(O)cc1. The van der Waals surface area contributed by atoms with Crippen LogP contribution in [0.3, 0.4) is 0 Å². The molecule has 108 valence electrons. The van der Waals surface area contributed by atoms with E-state index in [9.17, 15) is 20.1 Å². The second-order valence-corrected chi connectivity index (χ2v) is 4.39. The highest BCUT2D eigenvalue weighted by Crippen LogP contribution is 2.21. The van der Waals surface area contributed by atoms with Crippen molar-refractivity contribution in [3.8, 4) is 17.2 Å². The first-order valence-electron chi connectivity index (χ1n) is 6.13. The van der Waals surface area contributed by atoms with E-state index >= 15 is 0 Å². The van der Waals surface area contributed by atoms with E-state index in [1.165, 1.54) is 24.3 Å². The van der Waals surface area contributed by atoms with E-state index in [1.54, 1.807) is 19.1 Å². The lowest BCUT2D eigenvalue weighted by atomic mass is 10.1. The number of carbonyl (C=O) groups excluding carboxylic acids is 1. The van der Waals surface area contributed by atoms with Gasteiger partial charge in [0.25, 0.3) is 5.91 Å². The van der Waals surface area contributed by atoms with E-state index in [2.05, 4.69) is 10.5 Å². The molecule has 0 aliphatic heterocycles. The van der Waals surface area contributed by atoms with Crippen LogP contribution in [0.4, 0.5) is 0 Å². The van der Waals surface area contributed by atoms with Crippen molar-refractivity contribution in [3.63, 3.8) is 0 Å². The number of phenols is 3. The van der Waals surface area contributed by atoms with Crippen molar-refractivity contribution >= 4 is 11.6 Å². The Morgan fingerprint density at radius 1 is 1.00 bits per heavy atom. The first-order chi connectivity index (χ1) is 9.97. The Morgan fingerprint density at radius 3 is 2.29 bits per heavy atom. The molecule has 4 N–H and O–H groups in total. The summed E-state index contributed by atoms with van der Waals surface area (Å²) in [5.41, 5.74) is 3.48. The van der Waals surface area contributed by atoms with Gasteiger partial charge in [-0.25, -0.2) is 5.43 Å². The molecular formula is C15H14N2O4. The minimum Gasteiger partial charge on any atom is -0.508 e. The van der Waals surface area contributed by atoms with Crippen LogP contribution in [0.5, 0.6) is 17.2 Å². The van der Waals surface area contributed by atoms with Crippen LogP contribution in [0.1, 0.15) is 22.8 Å². The standard InChI is InChI=1S/C15H14N2O4/c1-9(10-2-4-11(18)5-3-10)16-17-15(21)13-8-12(19)6-7-14(13)20/h2-8,18-20H,1H3,(H,17,21)/b16-9+. The number of hydrogen-bond acceptors (Lipinski definition) is 5. The molecule has 0 aliphatic carbocycles. The van der Waals surface area contributed by atoms with Crippen molar-refractivity contribution < 1.29 is 20.1 Å². The van der Waals surface area contributed by atoms with Crippen molar-refractivity contribution in [2.75, 3.05) is 0 Å². The third kappa shape index (κ3) is 3.50. The number of carbonyl (C=O) groups is 1. The van der Waals surface area contributed by atoms with Crippen molar-refractivity contribution in [2.24, 2.45) is 5.10 Å². The molecule has 0 bridgehead atoms. The van der Waals surface area contributed by atoms with Gasteiger partial charge in [-0.15, -0.1) is 0 Å². The summed E-state index contributed by atoms with van der Waals surface area (Å²) in [6.45, 7) is 1.69. The molecule has 0 atom stereocenters. The van der Waals surface area contributed by atoms with Gasteiger partial charge >= 0.3 is 0 Å². The maximum atomic E-state index is 11.9.